The molecule has 0 aromatic carbocycles. The lowest BCUT2D eigenvalue weighted by atomic mass is 10.3. The van der Waals surface area contributed by atoms with Gasteiger partial charge in [-0.2, -0.15) is 0 Å². The van der Waals surface area contributed by atoms with E-state index >= 15 is 0 Å². The summed E-state index contributed by atoms with van der Waals surface area (Å²) < 4.78 is 9.96. The monoisotopic (exact) mass is 329 g/mol. The number of ether oxygens (including phenoxy) is 2. The van der Waals surface area contributed by atoms with Crippen LogP contribution in [0.1, 0.15) is 26.7 Å². The summed E-state index contributed by atoms with van der Waals surface area (Å²) in [7, 11) is 0. The Morgan fingerprint density at radius 3 is 1.65 bits per heavy atom. The highest BCUT2D eigenvalue weighted by Gasteiger charge is 2.14. The van der Waals surface area contributed by atoms with Crippen molar-refractivity contribution in [3.63, 3.8) is 0 Å². The first-order chi connectivity index (χ1) is 11.2. The highest BCUT2D eigenvalue weighted by atomic mass is 16.5. The SMILES string of the molecule is CCOC(=O)CCN1CCNCCN(CCC(=O)OCC)CC1. The molecule has 1 aliphatic rings. The van der Waals surface area contributed by atoms with E-state index < -0.39 is 0 Å². The minimum absolute atomic E-state index is 0.139. The fourth-order valence-corrected chi connectivity index (χ4v) is 2.52. The molecule has 0 atom stereocenters. The molecule has 7 nitrogen and oxygen atoms in total. The van der Waals surface area contributed by atoms with Gasteiger partial charge in [-0.25, -0.2) is 0 Å². The molecule has 0 bridgehead atoms. The molecular weight excluding hydrogens is 298 g/mol. The zero-order chi connectivity index (χ0) is 16.9. The van der Waals surface area contributed by atoms with Crippen molar-refractivity contribution in [3.05, 3.63) is 0 Å². The Morgan fingerprint density at radius 1 is 0.826 bits per heavy atom. The standard InChI is InChI=1S/C16H31N3O4/c1-3-22-15(20)5-9-18-11-7-17-8-12-19(14-13-18)10-6-16(21)23-4-2/h17H,3-14H2,1-2H3. The summed E-state index contributed by atoms with van der Waals surface area (Å²) in [4.78, 5) is 27.5. The van der Waals surface area contributed by atoms with Crippen molar-refractivity contribution in [2.75, 3.05) is 65.6 Å². The van der Waals surface area contributed by atoms with Gasteiger partial charge in [0.25, 0.3) is 0 Å². The quantitative estimate of drug-likeness (QED) is 0.633. The van der Waals surface area contributed by atoms with Crippen molar-refractivity contribution >= 4 is 11.9 Å². The molecule has 0 amide bonds. The number of rotatable bonds is 8. The number of hydrogen-bond acceptors (Lipinski definition) is 7. The van der Waals surface area contributed by atoms with E-state index in [4.69, 9.17) is 9.47 Å². The van der Waals surface area contributed by atoms with E-state index in [0.29, 0.717) is 39.1 Å². The van der Waals surface area contributed by atoms with E-state index in [9.17, 15) is 9.59 Å². The van der Waals surface area contributed by atoms with Crippen molar-refractivity contribution in [3.8, 4) is 0 Å². The second kappa shape index (κ2) is 12.3. The van der Waals surface area contributed by atoms with Crippen LogP contribution in [0.15, 0.2) is 0 Å². The molecule has 0 aromatic rings. The number of carbonyl (C=O) groups is 2. The normalized spacial score (nSPS) is 17.8. The predicted molar refractivity (Wildman–Crippen MR) is 88.2 cm³/mol. The number of nitrogens with zero attached hydrogens (tertiary/aromatic N) is 2. The highest BCUT2D eigenvalue weighted by Crippen LogP contribution is 2.00. The summed E-state index contributed by atoms with van der Waals surface area (Å²) in [5.41, 5.74) is 0. The first-order valence-corrected chi connectivity index (χ1v) is 8.62. The van der Waals surface area contributed by atoms with E-state index in [2.05, 4.69) is 15.1 Å². The summed E-state index contributed by atoms with van der Waals surface area (Å²) in [6, 6.07) is 0. The molecule has 0 aliphatic carbocycles. The maximum Gasteiger partial charge on any atom is 0.307 e. The zero-order valence-electron chi connectivity index (χ0n) is 14.5. The van der Waals surface area contributed by atoms with Crippen LogP contribution in [-0.2, 0) is 19.1 Å². The summed E-state index contributed by atoms with van der Waals surface area (Å²) in [6.07, 6.45) is 0.854. The van der Waals surface area contributed by atoms with Gasteiger partial charge in [0.05, 0.1) is 26.1 Å². The Hall–Kier alpha value is -1.18. The lowest BCUT2D eigenvalue weighted by molar-refractivity contribution is -0.144. The summed E-state index contributed by atoms with van der Waals surface area (Å²) in [6.45, 7) is 11.4. The molecule has 0 spiro atoms. The van der Waals surface area contributed by atoms with Crippen molar-refractivity contribution in [1.29, 1.82) is 0 Å². The van der Waals surface area contributed by atoms with Gasteiger partial charge in [0.1, 0.15) is 0 Å². The van der Waals surface area contributed by atoms with Gasteiger partial charge in [-0.3, -0.25) is 9.59 Å². The third-order valence-electron chi connectivity index (χ3n) is 3.82. The van der Waals surface area contributed by atoms with Crippen LogP contribution in [0.4, 0.5) is 0 Å². The van der Waals surface area contributed by atoms with Crippen LogP contribution in [-0.4, -0.2) is 87.3 Å². The molecule has 0 aromatic heterocycles. The molecule has 0 unspecified atom stereocenters. The average molecular weight is 329 g/mol. The molecular formula is C16H31N3O4. The third kappa shape index (κ3) is 9.53. The van der Waals surface area contributed by atoms with Gasteiger partial charge in [-0.15, -0.1) is 0 Å². The lowest BCUT2D eigenvalue weighted by Crippen LogP contribution is -2.38. The topological polar surface area (TPSA) is 71.1 Å². The van der Waals surface area contributed by atoms with Crippen LogP contribution in [0.2, 0.25) is 0 Å². The summed E-state index contributed by atoms with van der Waals surface area (Å²) in [5, 5.41) is 3.40. The van der Waals surface area contributed by atoms with E-state index in [1.807, 2.05) is 13.8 Å². The fourth-order valence-electron chi connectivity index (χ4n) is 2.52. The van der Waals surface area contributed by atoms with Gasteiger partial charge in [0, 0.05) is 52.4 Å². The number of nitrogens with one attached hydrogen (secondary N) is 1. The Morgan fingerprint density at radius 2 is 1.26 bits per heavy atom. The Kier molecular flexibility index (Phi) is 10.6. The van der Waals surface area contributed by atoms with Crippen LogP contribution < -0.4 is 5.32 Å². The van der Waals surface area contributed by atoms with E-state index in [1.165, 1.54) is 0 Å². The third-order valence-corrected chi connectivity index (χ3v) is 3.82. The van der Waals surface area contributed by atoms with Gasteiger partial charge < -0.3 is 24.6 Å². The Balaban J connectivity index is 2.35. The first kappa shape index (κ1) is 19.9. The number of carbonyl (C=O) groups excluding carboxylic acids is 2. The van der Waals surface area contributed by atoms with Gasteiger partial charge in [0.2, 0.25) is 0 Å². The van der Waals surface area contributed by atoms with Crippen LogP contribution >= 0.6 is 0 Å². The van der Waals surface area contributed by atoms with Crippen molar-refractivity contribution in [2.24, 2.45) is 0 Å². The molecule has 7 heteroatoms. The molecule has 1 aliphatic heterocycles. The first-order valence-electron chi connectivity index (χ1n) is 8.62. The highest BCUT2D eigenvalue weighted by molar-refractivity contribution is 5.69. The average Bonchev–Trinajstić information content (AvgIpc) is 2.64. The molecule has 23 heavy (non-hydrogen) atoms. The molecule has 0 saturated carbocycles. The van der Waals surface area contributed by atoms with E-state index in [-0.39, 0.29) is 11.9 Å². The smallest absolute Gasteiger partial charge is 0.307 e. The summed E-state index contributed by atoms with van der Waals surface area (Å²) >= 11 is 0. The van der Waals surface area contributed by atoms with E-state index in [1.54, 1.807) is 0 Å². The molecule has 1 heterocycles. The Bertz CT molecular complexity index is 320. The Labute approximate surface area is 139 Å². The van der Waals surface area contributed by atoms with Crippen LogP contribution in [0.3, 0.4) is 0 Å². The minimum atomic E-state index is -0.139. The van der Waals surface area contributed by atoms with Crippen molar-refractivity contribution < 1.29 is 19.1 Å². The molecule has 1 rings (SSSR count). The minimum Gasteiger partial charge on any atom is -0.466 e. The largest absolute Gasteiger partial charge is 0.466 e. The van der Waals surface area contributed by atoms with Gasteiger partial charge in [-0.1, -0.05) is 0 Å². The number of esters is 2. The fraction of sp³-hybridized carbons (Fsp3) is 0.875. The second-order valence-corrected chi connectivity index (χ2v) is 5.54. The van der Waals surface area contributed by atoms with Gasteiger partial charge in [0.15, 0.2) is 0 Å². The van der Waals surface area contributed by atoms with Crippen LogP contribution in [0.25, 0.3) is 0 Å². The van der Waals surface area contributed by atoms with Gasteiger partial charge in [-0.05, 0) is 13.8 Å². The second-order valence-electron chi connectivity index (χ2n) is 5.54. The molecule has 0 radical (unpaired) electrons. The maximum atomic E-state index is 11.5. The lowest BCUT2D eigenvalue weighted by Gasteiger charge is -2.25. The molecule has 134 valence electrons. The van der Waals surface area contributed by atoms with Crippen LogP contribution in [0, 0.1) is 0 Å². The molecule has 1 fully saturated rings. The van der Waals surface area contributed by atoms with E-state index in [0.717, 1.165) is 39.3 Å². The van der Waals surface area contributed by atoms with Crippen molar-refractivity contribution in [2.45, 2.75) is 26.7 Å². The predicted octanol–water partition coefficient (Wildman–Crippen LogP) is 0.100. The van der Waals surface area contributed by atoms with Crippen LogP contribution in [0.5, 0.6) is 0 Å². The summed E-state index contributed by atoms with van der Waals surface area (Å²) in [5.74, 6) is -0.279. The van der Waals surface area contributed by atoms with Crippen molar-refractivity contribution in [1.82, 2.24) is 15.1 Å². The zero-order valence-corrected chi connectivity index (χ0v) is 14.5. The molecule has 1 saturated heterocycles. The molecule has 1 N–H and O–H groups in total. The number of hydrogen-bond donors (Lipinski definition) is 1. The maximum absolute atomic E-state index is 11.5. The van der Waals surface area contributed by atoms with Gasteiger partial charge >= 0.3 is 11.9 Å².